The van der Waals surface area contributed by atoms with Crippen molar-refractivity contribution < 1.29 is 9.59 Å². The van der Waals surface area contributed by atoms with Crippen molar-refractivity contribution in [2.75, 3.05) is 20.9 Å². The monoisotopic (exact) mass is 522 g/mol. The number of para-hydroxylation sites is 3. The molecule has 6 nitrogen and oxygen atoms in total. The van der Waals surface area contributed by atoms with Crippen molar-refractivity contribution >= 4 is 62.0 Å². The number of hydrogen-bond donors (Lipinski definition) is 3. The van der Waals surface area contributed by atoms with Crippen LogP contribution in [-0.4, -0.2) is 12.1 Å². The van der Waals surface area contributed by atoms with Gasteiger partial charge < -0.3 is 16.0 Å². The lowest BCUT2D eigenvalue weighted by Gasteiger charge is -2.26. The fourth-order valence-corrected chi connectivity index (χ4v) is 4.83. The topological polar surface area (TPSA) is 73.5 Å². The lowest BCUT2D eigenvalue weighted by atomic mass is 10.1. The summed E-state index contributed by atoms with van der Waals surface area (Å²) in [6.45, 7) is 0. The second-order valence-corrected chi connectivity index (χ2v) is 9.25. The van der Waals surface area contributed by atoms with Gasteiger partial charge in [0.2, 0.25) is 0 Å². The van der Waals surface area contributed by atoms with Crippen LogP contribution in [0.25, 0.3) is 21.5 Å². The minimum Gasteiger partial charge on any atom is -0.307 e. The largest absolute Gasteiger partial charge is 0.331 e. The molecule has 3 N–H and O–H groups in total. The Hall–Kier alpha value is -5.62. The fourth-order valence-electron chi connectivity index (χ4n) is 4.83. The Morgan fingerprint density at radius 3 is 1.60 bits per heavy atom. The van der Waals surface area contributed by atoms with Gasteiger partial charge in [-0.3, -0.25) is 4.90 Å². The summed E-state index contributed by atoms with van der Waals surface area (Å²) < 4.78 is 0. The second-order valence-electron chi connectivity index (χ2n) is 9.25. The third-order valence-corrected chi connectivity index (χ3v) is 6.68. The van der Waals surface area contributed by atoms with Gasteiger partial charge in [0.1, 0.15) is 0 Å². The van der Waals surface area contributed by atoms with Crippen molar-refractivity contribution in [2.24, 2.45) is 0 Å². The lowest BCUT2D eigenvalue weighted by molar-refractivity contribution is 0.258. The van der Waals surface area contributed by atoms with Crippen LogP contribution in [0.15, 0.2) is 140 Å². The Balaban J connectivity index is 1.33. The van der Waals surface area contributed by atoms with E-state index < -0.39 is 6.03 Å². The Morgan fingerprint density at radius 1 is 0.450 bits per heavy atom. The SMILES string of the molecule is O=C(Nc1ccccc1N(C(=O)Nc1cccc2ccccc12)c1ccccc1)Nc1cccc2ccccc12. The summed E-state index contributed by atoms with van der Waals surface area (Å²) in [7, 11) is 0. The molecule has 0 aliphatic heterocycles. The van der Waals surface area contributed by atoms with E-state index in [0.29, 0.717) is 28.4 Å². The van der Waals surface area contributed by atoms with Gasteiger partial charge in [-0.1, -0.05) is 103 Å². The number of urea groups is 2. The van der Waals surface area contributed by atoms with Crippen LogP contribution >= 0.6 is 0 Å². The van der Waals surface area contributed by atoms with Gasteiger partial charge in [-0.05, 0) is 47.2 Å². The summed E-state index contributed by atoms with van der Waals surface area (Å²) in [5.74, 6) is 0. The van der Waals surface area contributed by atoms with Crippen LogP contribution in [0.3, 0.4) is 0 Å². The van der Waals surface area contributed by atoms with Crippen LogP contribution in [0, 0.1) is 0 Å². The number of amides is 4. The summed E-state index contributed by atoms with van der Waals surface area (Å²) >= 11 is 0. The smallest absolute Gasteiger partial charge is 0.307 e. The van der Waals surface area contributed by atoms with Crippen LogP contribution in [0.1, 0.15) is 0 Å². The molecule has 6 rings (SSSR count). The summed E-state index contributed by atoms with van der Waals surface area (Å²) in [5, 5.41) is 12.9. The minimum absolute atomic E-state index is 0.355. The van der Waals surface area contributed by atoms with Crippen LogP contribution in [0.4, 0.5) is 38.0 Å². The third-order valence-electron chi connectivity index (χ3n) is 6.68. The van der Waals surface area contributed by atoms with Gasteiger partial charge >= 0.3 is 12.1 Å². The maximum Gasteiger partial charge on any atom is 0.331 e. The number of nitrogens with zero attached hydrogens (tertiary/aromatic N) is 1. The molecule has 40 heavy (non-hydrogen) atoms. The third kappa shape index (κ3) is 5.06. The molecule has 0 heterocycles. The van der Waals surface area contributed by atoms with Crippen LogP contribution < -0.4 is 20.9 Å². The molecule has 0 aromatic heterocycles. The molecule has 0 aliphatic rings. The van der Waals surface area contributed by atoms with Gasteiger partial charge in [0.15, 0.2) is 0 Å². The number of nitrogens with one attached hydrogen (secondary N) is 3. The van der Waals surface area contributed by atoms with Crippen molar-refractivity contribution in [3.05, 3.63) is 140 Å². The predicted octanol–water partition coefficient (Wildman–Crippen LogP) is 9.01. The van der Waals surface area contributed by atoms with Crippen molar-refractivity contribution in [1.29, 1.82) is 0 Å². The van der Waals surface area contributed by atoms with Gasteiger partial charge in [0.25, 0.3) is 0 Å². The molecular formula is C34H26N4O2. The Kier molecular flexibility index (Phi) is 6.80. The highest BCUT2D eigenvalue weighted by Crippen LogP contribution is 2.34. The van der Waals surface area contributed by atoms with Crippen molar-refractivity contribution in [2.45, 2.75) is 0 Å². The number of anilines is 5. The molecule has 6 heteroatoms. The van der Waals surface area contributed by atoms with E-state index in [1.54, 1.807) is 11.0 Å². The summed E-state index contributed by atoms with van der Waals surface area (Å²) in [6.07, 6.45) is 0. The van der Waals surface area contributed by atoms with Crippen LogP contribution in [0.2, 0.25) is 0 Å². The normalized spacial score (nSPS) is 10.7. The molecule has 0 atom stereocenters. The van der Waals surface area contributed by atoms with Gasteiger partial charge in [-0.25, -0.2) is 9.59 Å². The van der Waals surface area contributed by atoms with E-state index in [9.17, 15) is 9.59 Å². The number of benzene rings is 6. The molecule has 0 radical (unpaired) electrons. The van der Waals surface area contributed by atoms with E-state index in [1.807, 2.05) is 133 Å². The maximum atomic E-state index is 13.9. The van der Waals surface area contributed by atoms with E-state index in [2.05, 4.69) is 16.0 Å². The van der Waals surface area contributed by atoms with Crippen LogP contribution in [0.5, 0.6) is 0 Å². The first-order valence-electron chi connectivity index (χ1n) is 13.0. The Labute approximate surface area is 231 Å². The number of hydrogen-bond acceptors (Lipinski definition) is 2. The fraction of sp³-hybridized carbons (Fsp3) is 0. The summed E-state index contributed by atoms with van der Waals surface area (Å²) in [5.41, 5.74) is 3.06. The van der Waals surface area contributed by atoms with Gasteiger partial charge in [-0.2, -0.15) is 0 Å². The van der Waals surface area contributed by atoms with Crippen LogP contribution in [-0.2, 0) is 0 Å². The second kappa shape index (κ2) is 11.0. The molecule has 0 aliphatic carbocycles. The zero-order valence-corrected chi connectivity index (χ0v) is 21.5. The molecule has 0 saturated heterocycles. The standard InChI is InChI=1S/C34H26N4O2/c39-33(35-29-21-10-14-24-12-4-6-18-27(24)29)36-31-20-8-9-23-32(31)38(26-16-2-1-3-17-26)34(40)37-30-22-11-15-25-13-5-7-19-28(25)30/h1-23H,(H,37,40)(H2,35,36,39). The first kappa shape index (κ1) is 24.7. The predicted molar refractivity (Wildman–Crippen MR) is 165 cm³/mol. The van der Waals surface area contributed by atoms with Gasteiger partial charge in [-0.15, -0.1) is 0 Å². The van der Waals surface area contributed by atoms with E-state index in [4.69, 9.17) is 0 Å². The first-order chi connectivity index (χ1) is 19.7. The Bertz CT molecular complexity index is 1820. The molecule has 6 aromatic rings. The van der Waals surface area contributed by atoms with Gasteiger partial charge in [0.05, 0.1) is 28.4 Å². The molecule has 194 valence electrons. The molecule has 0 spiro atoms. The minimum atomic E-state index is -0.411. The summed E-state index contributed by atoms with van der Waals surface area (Å²) in [6, 6.07) is 43.2. The maximum absolute atomic E-state index is 13.9. The molecule has 0 bridgehead atoms. The highest BCUT2D eigenvalue weighted by molar-refractivity contribution is 6.14. The summed E-state index contributed by atoms with van der Waals surface area (Å²) in [4.78, 5) is 28.7. The Morgan fingerprint density at radius 2 is 0.925 bits per heavy atom. The number of rotatable bonds is 5. The number of fused-ring (bicyclic) bond motifs is 2. The van der Waals surface area contributed by atoms with E-state index in [0.717, 1.165) is 21.5 Å². The molecule has 0 fully saturated rings. The van der Waals surface area contributed by atoms with Gasteiger partial charge in [0, 0.05) is 10.8 Å². The molecule has 6 aromatic carbocycles. The molecular weight excluding hydrogens is 496 g/mol. The van der Waals surface area contributed by atoms with Crippen molar-refractivity contribution in [3.8, 4) is 0 Å². The van der Waals surface area contributed by atoms with Crippen molar-refractivity contribution in [3.63, 3.8) is 0 Å². The zero-order valence-electron chi connectivity index (χ0n) is 21.5. The zero-order chi connectivity index (χ0) is 27.3. The highest BCUT2D eigenvalue weighted by Gasteiger charge is 2.22. The van der Waals surface area contributed by atoms with E-state index in [1.165, 1.54) is 0 Å². The molecule has 0 saturated carbocycles. The number of carbonyl (C=O) groups excluding carboxylic acids is 2. The van der Waals surface area contributed by atoms with E-state index >= 15 is 0 Å². The molecule has 0 unspecified atom stereocenters. The molecule has 4 amide bonds. The van der Waals surface area contributed by atoms with Crippen molar-refractivity contribution in [1.82, 2.24) is 0 Å². The average molecular weight is 523 g/mol. The first-order valence-corrected chi connectivity index (χ1v) is 13.0. The highest BCUT2D eigenvalue weighted by atomic mass is 16.2. The average Bonchev–Trinajstić information content (AvgIpc) is 2.99. The number of carbonyl (C=O) groups is 2. The van der Waals surface area contributed by atoms with E-state index in [-0.39, 0.29) is 6.03 Å². The lowest BCUT2D eigenvalue weighted by Crippen LogP contribution is -2.32. The quantitative estimate of drug-likeness (QED) is 0.211.